The van der Waals surface area contributed by atoms with E-state index in [0.29, 0.717) is 0 Å². The maximum absolute atomic E-state index is 10.8. The molecule has 0 spiro atoms. The van der Waals surface area contributed by atoms with E-state index in [1.54, 1.807) is 0 Å². The van der Waals surface area contributed by atoms with Crippen LogP contribution in [0.2, 0.25) is 0 Å². The van der Waals surface area contributed by atoms with Gasteiger partial charge in [-0.3, -0.25) is 4.79 Å². The van der Waals surface area contributed by atoms with Crippen LogP contribution in [0.4, 0.5) is 0 Å². The van der Waals surface area contributed by atoms with Crippen LogP contribution < -0.4 is 5.73 Å². The lowest BCUT2D eigenvalue weighted by molar-refractivity contribution is -0.114. The van der Waals surface area contributed by atoms with Gasteiger partial charge in [-0.1, -0.05) is 0 Å². The van der Waals surface area contributed by atoms with E-state index in [4.69, 9.17) is 10.8 Å². The molecule has 1 aliphatic rings. The van der Waals surface area contributed by atoms with Crippen molar-refractivity contribution in [2.24, 2.45) is 5.73 Å². The maximum atomic E-state index is 10.8. The highest BCUT2D eigenvalue weighted by Crippen LogP contribution is 2.13. The van der Waals surface area contributed by atoms with Gasteiger partial charge in [-0.15, -0.1) is 12.4 Å². The van der Waals surface area contributed by atoms with Crippen LogP contribution in [0.25, 0.3) is 0 Å². The van der Waals surface area contributed by atoms with Gasteiger partial charge in [0.25, 0.3) is 0 Å². The molecule has 0 saturated carbocycles. The number of carbonyl (C=O) groups is 1. The number of aliphatic hydroxyl groups is 1. The molecule has 3 N–H and O–H groups in total. The summed E-state index contributed by atoms with van der Waals surface area (Å²) < 4.78 is 21.6. The Kier molecular flexibility index (Phi) is 3.65. The van der Waals surface area contributed by atoms with Crippen molar-refractivity contribution in [3.63, 3.8) is 0 Å². The molecule has 1 unspecified atom stereocenters. The van der Waals surface area contributed by atoms with Gasteiger partial charge in [0.2, 0.25) is 15.7 Å². The summed E-state index contributed by atoms with van der Waals surface area (Å²) in [4.78, 5) is 10.5. The van der Waals surface area contributed by atoms with E-state index in [2.05, 4.69) is 0 Å². The van der Waals surface area contributed by atoms with Crippen molar-refractivity contribution in [1.82, 2.24) is 0 Å². The minimum atomic E-state index is -3.64. The molecule has 0 fully saturated rings. The average Bonchev–Trinajstić information content (AvgIpc) is 1.94. The Balaban J connectivity index is 0.00000144. The van der Waals surface area contributed by atoms with E-state index in [-0.39, 0.29) is 18.0 Å². The summed E-state index contributed by atoms with van der Waals surface area (Å²) in [5.74, 6) is -0.764. The highest BCUT2D eigenvalue weighted by atomic mass is 35.5. The van der Waals surface area contributed by atoms with Crippen LogP contribution in [0, 0.1) is 0 Å². The van der Waals surface area contributed by atoms with E-state index >= 15 is 0 Å². The third kappa shape index (κ3) is 2.55. The first-order chi connectivity index (χ1) is 5.43. The highest BCUT2D eigenvalue weighted by Gasteiger charge is 2.22. The fourth-order valence-electron chi connectivity index (χ4n) is 0.717. The Morgan fingerprint density at radius 3 is 2.46 bits per heavy atom. The van der Waals surface area contributed by atoms with Crippen LogP contribution in [-0.4, -0.2) is 24.9 Å². The zero-order valence-electron chi connectivity index (χ0n) is 6.38. The lowest BCUT2D eigenvalue weighted by Crippen LogP contribution is -2.23. The van der Waals surface area contributed by atoms with Crippen LogP contribution in [0.1, 0.15) is 0 Å². The Morgan fingerprint density at radius 1 is 1.54 bits per heavy atom. The molecular weight excluding hydrogens is 218 g/mol. The summed E-state index contributed by atoms with van der Waals surface area (Å²) in [5, 5.41) is 9.69. The summed E-state index contributed by atoms with van der Waals surface area (Å²) >= 11 is 0. The first-order valence-electron chi connectivity index (χ1n) is 3.05. The second-order valence-electron chi connectivity index (χ2n) is 2.27. The van der Waals surface area contributed by atoms with Crippen molar-refractivity contribution in [1.29, 1.82) is 0 Å². The Hall–Kier alpha value is -0.850. The topological polar surface area (TPSA) is 97.5 Å². The Bertz CT molecular complexity index is 370. The molecule has 0 aromatic rings. The third-order valence-corrected chi connectivity index (χ3v) is 2.71. The number of carbonyl (C=O) groups excluding carboxylic acids is 1. The fraction of sp³-hybridized carbons (Fsp3) is 0.167. The summed E-state index contributed by atoms with van der Waals surface area (Å²) in [6.07, 6.45) is 1.96. The van der Waals surface area contributed by atoms with Crippen molar-refractivity contribution < 1.29 is 18.3 Å². The lowest BCUT2D eigenvalue weighted by atomic mass is 10.2. The van der Waals surface area contributed by atoms with Gasteiger partial charge < -0.3 is 10.8 Å². The molecule has 74 valence electrons. The van der Waals surface area contributed by atoms with Crippen molar-refractivity contribution in [2.45, 2.75) is 5.44 Å². The van der Waals surface area contributed by atoms with Crippen molar-refractivity contribution in [3.8, 4) is 0 Å². The molecule has 1 rings (SSSR count). The summed E-state index contributed by atoms with van der Waals surface area (Å²) in [7, 11) is -3.64. The van der Waals surface area contributed by atoms with Gasteiger partial charge in [-0.25, -0.2) is 8.42 Å². The van der Waals surface area contributed by atoms with E-state index in [1.165, 1.54) is 0 Å². The monoisotopic (exact) mass is 225 g/mol. The molecule has 1 atom stereocenters. The van der Waals surface area contributed by atoms with Gasteiger partial charge in [0, 0.05) is 11.0 Å². The molecule has 0 aromatic heterocycles. The predicted octanol–water partition coefficient (Wildman–Crippen LogP) is -0.920. The number of primary amides is 1. The van der Waals surface area contributed by atoms with Gasteiger partial charge in [-0.05, 0) is 12.2 Å². The Morgan fingerprint density at radius 2 is 2.08 bits per heavy atom. The molecule has 0 aliphatic carbocycles. The van der Waals surface area contributed by atoms with Crippen LogP contribution in [0.5, 0.6) is 0 Å². The molecule has 13 heavy (non-hydrogen) atoms. The normalized spacial score (nSPS) is 24.4. The molecule has 1 aliphatic heterocycles. The molecule has 7 heteroatoms. The number of amides is 1. The quantitative estimate of drug-likeness (QED) is 0.603. The fourth-order valence-corrected chi connectivity index (χ4v) is 1.55. The molecule has 1 amide bonds. The molecule has 0 radical (unpaired) electrons. The lowest BCUT2D eigenvalue weighted by Gasteiger charge is -2.09. The highest BCUT2D eigenvalue weighted by molar-refractivity contribution is 7.94. The van der Waals surface area contributed by atoms with E-state index in [1.807, 2.05) is 0 Å². The van der Waals surface area contributed by atoms with Gasteiger partial charge in [0.15, 0.2) is 5.44 Å². The third-order valence-electron chi connectivity index (χ3n) is 1.38. The second-order valence-corrected chi connectivity index (χ2v) is 4.20. The van der Waals surface area contributed by atoms with Crippen LogP contribution in [0.3, 0.4) is 0 Å². The number of sulfone groups is 1. The predicted molar refractivity (Wildman–Crippen MR) is 48.6 cm³/mol. The van der Waals surface area contributed by atoms with Gasteiger partial charge in [0.05, 0.1) is 0 Å². The summed E-state index contributed by atoms with van der Waals surface area (Å²) in [5.41, 5.74) is 3.19. The maximum Gasteiger partial charge on any atom is 0.248 e. The standard InChI is InChI=1S/C6H7NO4S.ClH/c7-6(9)4-1-2-12(10,11)5(8)3-4;/h1-3,5,8H,(H2,7,9);1H. The number of halogens is 1. The van der Waals surface area contributed by atoms with Gasteiger partial charge in [-0.2, -0.15) is 0 Å². The van der Waals surface area contributed by atoms with Crippen molar-refractivity contribution >= 4 is 28.2 Å². The number of hydrogen-bond donors (Lipinski definition) is 2. The van der Waals surface area contributed by atoms with Crippen molar-refractivity contribution in [2.75, 3.05) is 0 Å². The molecule has 5 nitrogen and oxygen atoms in total. The first-order valence-corrected chi connectivity index (χ1v) is 4.66. The van der Waals surface area contributed by atoms with Crippen LogP contribution in [-0.2, 0) is 14.6 Å². The van der Waals surface area contributed by atoms with Crippen LogP contribution in [0.15, 0.2) is 23.1 Å². The minimum absolute atomic E-state index is 0. The zero-order valence-corrected chi connectivity index (χ0v) is 8.01. The SMILES string of the molecule is Cl.NC(=O)C1=CC(O)S(=O)(=O)C=C1. The average molecular weight is 226 g/mol. The van der Waals surface area contributed by atoms with E-state index in [0.717, 1.165) is 17.6 Å². The van der Waals surface area contributed by atoms with Gasteiger partial charge >= 0.3 is 0 Å². The minimum Gasteiger partial charge on any atom is -0.373 e. The molecule has 0 saturated heterocycles. The van der Waals surface area contributed by atoms with Gasteiger partial charge in [0.1, 0.15) is 0 Å². The van der Waals surface area contributed by atoms with E-state index in [9.17, 15) is 13.2 Å². The Labute approximate surface area is 81.3 Å². The number of nitrogens with two attached hydrogens (primary N) is 1. The number of rotatable bonds is 1. The van der Waals surface area contributed by atoms with Crippen LogP contribution >= 0.6 is 12.4 Å². The van der Waals surface area contributed by atoms with Crippen molar-refractivity contribution in [3.05, 3.63) is 23.1 Å². The summed E-state index contributed by atoms with van der Waals surface area (Å²) in [6, 6.07) is 0. The molecule has 0 bridgehead atoms. The summed E-state index contributed by atoms with van der Waals surface area (Å²) in [6.45, 7) is 0. The number of hydrogen-bond acceptors (Lipinski definition) is 4. The smallest absolute Gasteiger partial charge is 0.248 e. The molecular formula is C6H8ClNO4S. The van der Waals surface area contributed by atoms with E-state index < -0.39 is 21.2 Å². The molecule has 1 heterocycles. The molecule has 0 aromatic carbocycles. The largest absolute Gasteiger partial charge is 0.373 e. The number of aliphatic hydroxyl groups excluding tert-OH is 1. The second kappa shape index (κ2) is 3.91. The zero-order chi connectivity index (χ0) is 9.35. The first kappa shape index (κ1) is 12.2.